The first-order valence-corrected chi connectivity index (χ1v) is 12.0. The van der Waals surface area contributed by atoms with E-state index in [1.54, 1.807) is 12.1 Å². The van der Waals surface area contributed by atoms with Gasteiger partial charge in [0, 0.05) is 26.6 Å². The molecule has 0 spiro atoms. The van der Waals surface area contributed by atoms with Gasteiger partial charge in [-0.1, -0.05) is 18.9 Å². The lowest BCUT2D eigenvalue weighted by Crippen LogP contribution is -2.53. The number of nitrogens with zero attached hydrogens (tertiary/aromatic N) is 1. The van der Waals surface area contributed by atoms with Crippen LogP contribution in [0.25, 0.3) is 0 Å². The van der Waals surface area contributed by atoms with Crippen LogP contribution in [-0.2, 0) is 23.9 Å². The van der Waals surface area contributed by atoms with E-state index in [0.717, 1.165) is 30.6 Å². The number of carbonyl (C=O) groups is 5. The molecular formula is C24H32N4O8. The highest BCUT2D eigenvalue weighted by Crippen LogP contribution is 2.40. The molecule has 0 aliphatic carbocycles. The molecule has 0 bridgehead atoms. The molecule has 0 radical (unpaired) electrons. The molecule has 1 aromatic carbocycles. The summed E-state index contributed by atoms with van der Waals surface area (Å²) < 4.78 is 10.3. The maximum absolute atomic E-state index is 12.9. The number of fused-ring (bicyclic) bond motifs is 1. The zero-order chi connectivity index (χ0) is 26.1. The van der Waals surface area contributed by atoms with Gasteiger partial charge in [0.1, 0.15) is 18.4 Å². The van der Waals surface area contributed by atoms with E-state index in [0.29, 0.717) is 13.1 Å². The van der Waals surface area contributed by atoms with Crippen LogP contribution >= 0.6 is 0 Å². The highest BCUT2D eigenvalue weighted by Gasteiger charge is 2.45. The van der Waals surface area contributed by atoms with Crippen molar-refractivity contribution in [1.29, 1.82) is 0 Å². The number of hydrogen-bond acceptors (Lipinski definition) is 8. The Kier molecular flexibility index (Phi) is 9.77. The van der Waals surface area contributed by atoms with E-state index in [1.807, 2.05) is 0 Å². The summed E-state index contributed by atoms with van der Waals surface area (Å²) in [7, 11) is 1.47. The quantitative estimate of drug-likeness (QED) is 0.211. The number of imide groups is 1. The van der Waals surface area contributed by atoms with E-state index in [9.17, 15) is 29.1 Å². The van der Waals surface area contributed by atoms with Crippen LogP contribution in [0.5, 0.6) is 5.75 Å². The molecule has 12 heteroatoms. The molecule has 1 aromatic rings. The molecule has 2 aliphatic rings. The van der Waals surface area contributed by atoms with Crippen LogP contribution in [0.4, 0.5) is 0 Å². The van der Waals surface area contributed by atoms with Crippen molar-refractivity contribution in [1.82, 2.24) is 20.9 Å². The van der Waals surface area contributed by atoms with Gasteiger partial charge in [0.15, 0.2) is 12.8 Å². The first-order valence-electron chi connectivity index (χ1n) is 12.0. The Morgan fingerprint density at radius 1 is 1.06 bits per heavy atom. The van der Waals surface area contributed by atoms with Crippen molar-refractivity contribution in [2.75, 3.05) is 33.4 Å². The van der Waals surface area contributed by atoms with Crippen molar-refractivity contribution in [2.24, 2.45) is 0 Å². The van der Waals surface area contributed by atoms with Gasteiger partial charge in [0.05, 0.1) is 11.1 Å². The predicted octanol–water partition coefficient (Wildman–Crippen LogP) is -0.243. The first-order chi connectivity index (χ1) is 17.3. The van der Waals surface area contributed by atoms with E-state index in [1.165, 1.54) is 13.2 Å². The summed E-state index contributed by atoms with van der Waals surface area (Å²) >= 11 is 0. The molecule has 1 fully saturated rings. The first kappa shape index (κ1) is 27.1. The standard InChI is InChI=1S/C24H32N4O8/c1-35-13-19(30)25-11-4-2-3-5-12-26-20(31)14-36-17-8-6-7-15-21(17)24(34)28(23(15)33)16-9-10-18(29)27-22(16)32/h6-8,16,24,34H,2-5,9-14H2,1H3,(H,25,30)(H,26,31)(H,27,29,32). The molecule has 5 amide bonds. The normalized spacial score (nSPS) is 19.1. The highest BCUT2D eigenvalue weighted by molar-refractivity contribution is 6.06. The molecule has 4 N–H and O–H groups in total. The van der Waals surface area contributed by atoms with E-state index in [2.05, 4.69) is 16.0 Å². The minimum Gasteiger partial charge on any atom is -0.483 e. The third-order valence-corrected chi connectivity index (χ3v) is 5.98. The maximum Gasteiger partial charge on any atom is 0.257 e. The second-order valence-electron chi connectivity index (χ2n) is 8.61. The van der Waals surface area contributed by atoms with E-state index < -0.39 is 30.0 Å². The number of aliphatic hydroxyl groups is 1. The van der Waals surface area contributed by atoms with Crippen molar-refractivity contribution in [3.05, 3.63) is 29.3 Å². The number of piperidine rings is 1. The second-order valence-corrected chi connectivity index (χ2v) is 8.61. The Bertz CT molecular complexity index is 998. The third kappa shape index (κ3) is 6.79. The number of amides is 5. The Labute approximate surface area is 208 Å². The third-order valence-electron chi connectivity index (χ3n) is 5.98. The van der Waals surface area contributed by atoms with Crippen LogP contribution < -0.4 is 20.7 Å². The SMILES string of the molecule is COCC(=O)NCCCCCCNC(=O)COc1cccc2c1C(O)N(C1CCC(=O)NC1=O)C2=O. The van der Waals surface area contributed by atoms with E-state index >= 15 is 0 Å². The summed E-state index contributed by atoms with van der Waals surface area (Å²) in [6.45, 7) is 0.795. The van der Waals surface area contributed by atoms with Crippen molar-refractivity contribution >= 4 is 29.5 Å². The number of benzene rings is 1. The molecule has 2 atom stereocenters. The molecule has 12 nitrogen and oxygen atoms in total. The van der Waals surface area contributed by atoms with Gasteiger partial charge in [-0.15, -0.1) is 0 Å². The monoisotopic (exact) mass is 504 g/mol. The number of aliphatic hydroxyl groups excluding tert-OH is 1. The number of ether oxygens (including phenoxy) is 2. The molecular weight excluding hydrogens is 472 g/mol. The molecule has 196 valence electrons. The van der Waals surface area contributed by atoms with Crippen LogP contribution in [0.15, 0.2) is 18.2 Å². The smallest absolute Gasteiger partial charge is 0.257 e. The number of rotatable bonds is 13. The number of methoxy groups -OCH3 is 1. The zero-order valence-electron chi connectivity index (χ0n) is 20.2. The van der Waals surface area contributed by atoms with E-state index in [-0.39, 0.29) is 54.7 Å². The van der Waals surface area contributed by atoms with Crippen molar-refractivity contribution in [3.63, 3.8) is 0 Å². The Morgan fingerprint density at radius 3 is 2.36 bits per heavy atom. The van der Waals surface area contributed by atoms with Crippen LogP contribution in [0.1, 0.15) is 60.7 Å². The lowest BCUT2D eigenvalue weighted by molar-refractivity contribution is -0.139. The van der Waals surface area contributed by atoms with Crippen LogP contribution in [-0.4, -0.2) is 79.0 Å². The van der Waals surface area contributed by atoms with Crippen molar-refractivity contribution < 1.29 is 38.6 Å². The summed E-state index contributed by atoms with van der Waals surface area (Å²) in [5.74, 6) is -1.91. The fourth-order valence-electron chi connectivity index (χ4n) is 4.21. The summed E-state index contributed by atoms with van der Waals surface area (Å²) in [5.41, 5.74) is 0.376. The fourth-order valence-corrected chi connectivity index (χ4v) is 4.21. The van der Waals surface area contributed by atoms with Gasteiger partial charge >= 0.3 is 0 Å². The van der Waals surface area contributed by atoms with Gasteiger partial charge in [-0.2, -0.15) is 0 Å². The van der Waals surface area contributed by atoms with Crippen molar-refractivity contribution in [3.8, 4) is 5.75 Å². The largest absolute Gasteiger partial charge is 0.483 e. The molecule has 2 heterocycles. The van der Waals surface area contributed by atoms with Gasteiger partial charge in [0.25, 0.3) is 11.8 Å². The zero-order valence-corrected chi connectivity index (χ0v) is 20.2. The minimum atomic E-state index is -1.44. The Hall–Kier alpha value is -3.51. The average molecular weight is 505 g/mol. The Balaban J connectivity index is 1.42. The van der Waals surface area contributed by atoms with Gasteiger partial charge in [-0.25, -0.2) is 0 Å². The number of nitrogens with one attached hydrogen (secondary N) is 3. The minimum absolute atomic E-state index is 0.0489. The van der Waals surface area contributed by atoms with Crippen LogP contribution in [0.3, 0.4) is 0 Å². The molecule has 3 rings (SSSR count). The number of hydrogen-bond donors (Lipinski definition) is 4. The molecule has 2 unspecified atom stereocenters. The molecule has 0 aromatic heterocycles. The average Bonchev–Trinajstić information content (AvgIpc) is 3.10. The summed E-state index contributed by atoms with van der Waals surface area (Å²) in [6, 6.07) is 3.66. The van der Waals surface area contributed by atoms with E-state index in [4.69, 9.17) is 9.47 Å². The van der Waals surface area contributed by atoms with Gasteiger partial charge in [-0.05, 0) is 31.4 Å². The topological polar surface area (TPSA) is 163 Å². The predicted molar refractivity (Wildman–Crippen MR) is 126 cm³/mol. The summed E-state index contributed by atoms with van der Waals surface area (Å²) in [6.07, 6.45) is 2.15. The van der Waals surface area contributed by atoms with Crippen LogP contribution in [0, 0.1) is 0 Å². The van der Waals surface area contributed by atoms with Gasteiger partial charge < -0.3 is 25.2 Å². The van der Waals surface area contributed by atoms with Crippen molar-refractivity contribution in [2.45, 2.75) is 50.8 Å². The maximum atomic E-state index is 12.9. The lowest BCUT2D eigenvalue weighted by Gasteiger charge is -2.32. The summed E-state index contributed by atoms with van der Waals surface area (Å²) in [5, 5.41) is 18.5. The van der Waals surface area contributed by atoms with Gasteiger partial charge in [-0.3, -0.25) is 34.2 Å². The number of carbonyl (C=O) groups excluding carboxylic acids is 5. The highest BCUT2D eigenvalue weighted by atomic mass is 16.5. The van der Waals surface area contributed by atoms with Crippen LogP contribution in [0.2, 0.25) is 0 Å². The summed E-state index contributed by atoms with van der Waals surface area (Å²) in [4.78, 5) is 61.1. The molecule has 0 saturated carbocycles. The lowest BCUT2D eigenvalue weighted by atomic mass is 10.0. The fraction of sp³-hybridized carbons (Fsp3) is 0.542. The molecule has 36 heavy (non-hydrogen) atoms. The molecule has 2 aliphatic heterocycles. The number of unbranched alkanes of at least 4 members (excludes halogenated alkanes) is 3. The van der Waals surface area contributed by atoms with Gasteiger partial charge in [0.2, 0.25) is 17.7 Å². The molecule has 1 saturated heterocycles. The Morgan fingerprint density at radius 2 is 1.72 bits per heavy atom. The second kappa shape index (κ2) is 13.0.